The van der Waals surface area contributed by atoms with E-state index in [0.717, 1.165) is 38.9 Å². The molecule has 5 heteroatoms. The first-order chi connectivity index (χ1) is 8.07. The van der Waals surface area contributed by atoms with Crippen LogP contribution in [0.4, 0.5) is 0 Å². The van der Waals surface area contributed by atoms with Gasteiger partial charge in [-0.2, -0.15) is 0 Å². The average Bonchev–Trinajstić information content (AvgIpc) is 3.12. The van der Waals surface area contributed by atoms with Crippen LogP contribution in [-0.2, 0) is 9.47 Å². The zero-order chi connectivity index (χ0) is 12.7. The third-order valence-corrected chi connectivity index (χ3v) is 2.71. The van der Waals surface area contributed by atoms with Gasteiger partial charge in [0.2, 0.25) is 0 Å². The Kier molecular flexibility index (Phi) is 6.37. The summed E-state index contributed by atoms with van der Waals surface area (Å²) in [6.07, 6.45) is 3.57. The molecule has 2 saturated heterocycles. The monoisotopic (exact) mass is 248 g/mol. The fraction of sp³-hybridized carbons (Fsp3) is 1.00. The van der Waals surface area contributed by atoms with Crippen molar-refractivity contribution in [2.24, 2.45) is 0 Å². The van der Waals surface area contributed by atoms with Crippen molar-refractivity contribution >= 4 is 0 Å². The van der Waals surface area contributed by atoms with Gasteiger partial charge in [-0.25, -0.2) is 0 Å². The highest BCUT2D eigenvalue weighted by molar-refractivity contribution is 4.87. The summed E-state index contributed by atoms with van der Waals surface area (Å²) in [6, 6.07) is 0. The first-order valence-electron chi connectivity index (χ1n) is 6.24. The Hall–Kier alpha value is -0.200. The molecule has 5 nitrogen and oxygen atoms in total. The van der Waals surface area contributed by atoms with Crippen LogP contribution >= 0.6 is 0 Å². The lowest BCUT2D eigenvalue weighted by Crippen LogP contribution is -2.28. The number of unbranched alkanes of at least 4 members (excludes halogenated alkanes) is 1. The first-order valence-corrected chi connectivity index (χ1v) is 6.24. The van der Waals surface area contributed by atoms with Crippen LogP contribution in [0.1, 0.15) is 32.6 Å². The Balaban J connectivity index is 0.000000209. The van der Waals surface area contributed by atoms with E-state index >= 15 is 0 Å². The van der Waals surface area contributed by atoms with Gasteiger partial charge >= 0.3 is 0 Å². The minimum absolute atomic E-state index is 0.195. The highest BCUT2D eigenvalue weighted by Gasteiger charge is 2.37. The van der Waals surface area contributed by atoms with Gasteiger partial charge < -0.3 is 24.8 Å². The molecule has 0 bridgehead atoms. The van der Waals surface area contributed by atoms with Gasteiger partial charge in [0, 0.05) is 26.1 Å². The van der Waals surface area contributed by atoms with Crippen molar-refractivity contribution in [3.8, 4) is 0 Å². The number of hydrogen-bond donors (Lipinski definition) is 3. The molecule has 0 saturated carbocycles. The van der Waals surface area contributed by atoms with E-state index in [1.165, 1.54) is 0 Å². The summed E-state index contributed by atoms with van der Waals surface area (Å²) in [7, 11) is 0. The van der Waals surface area contributed by atoms with Gasteiger partial charge in [-0.3, -0.25) is 0 Å². The number of hydrogen-bond acceptors (Lipinski definition) is 5. The van der Waals surface area contributed by atoms with Crippen LogP contribution in [0.3, 0.4) is 0 Å². The molecule has 0 aliphatic carbocycles. The molecular weight excluding hydrogens is 224 g/mol. The lowest BCUT2D eigenvalue weighted by molar-refractivity contribution is 0.0275. The van der Waals surface area contributed by atoms with Gasteiger partial charge in [-0.1, -0.05) is 0 Å². The van der Waals surface area contributed by atoms with Gasteiger partial charge in [-0.15, -0.1) is 0 Å². The van der Waals surface area contributed by atoms with E-state index < -0.39 is 5.60 Å². The maximum absolute atomic E-state index is 9.78. The Morgan fingerprint density at radius 2 is 1.35 bits per heavy atom. The molecule has 0 spiro atoms. The third-order valence-electron chi connectivity index (χ3n) is 2.71. The van der Waals surface area contributed by atoms with Crippen LogP contribution in [0, 0.1) is 0 Å². The maximum atomic E-state index is 9.78. The van der Waals surface area contributed by atoms with Gasteiger partial charge in [0.05, 0.1) is 31.0 Å². The SMILES string of the molecule is CC(O)(CC1CO1)CC1CO1.OCCCCO. The first kappa shape index (κ1) is 14.9. The fourth-order valence-electron chi connectivity index (χ4n) is 1.66. The fourth-order valence-corrected chi connectivity index (χ4v) is 1.66. The molecule has 0 amide bonds. The summed E-state index contributed by atoms with van der Waals surface area (Å²) in [6.45, 7) is 3.89. The molecule has 0 aromatic carbocycles. The van der Waals surface area contributed by atoms with Crippen LogP contribution in [0.2, 0.25) is 0 Å². The van der Waals surface area contributed by atoms with Gasteiger partial charge in [-0.05, 0) is 19.8 Å². The van der Waals surface area contributed by atoms with E-state index in [0.29, 0.717) is 12.2 Å². The van der Waals surface area contributed by atoms with Crippen molar-refractivity contribution in [2.45, 2.75) is 50.4 Å². The highest BCUT2D eigenvalue weighted by atomic mass is 16.6. The number of epoxide rings is 2. The molecule has 17 heavy (non-hydrogen) atoms. The maximum Gasteiger partial charge on any atom is 0.0837 e. The minimum Gasteiger partial charge on any atom is -0.396 e. The van der Waals surface area contributed by atoms with E-state index in [1.807, 2.05) is 6.92 Å². The van der Waals surface area contributed by atoms with Crippen LogP contribution in [0.5, 0.6) is 0 Å². The van der Waals surface area contributed by atoms with Crippen LogP contribution in [0.15, 0.2) is 0 Å². The second-order valence-electron chi connectivity index (χ2n) is 4.97. The predicted octanol–water partition coefficient (Wildman–Crippen LogP) is 0.0664. The molecule has 0 radical (unpaired) electrons. The Bertz CT molecular complexity index is 179. The van der Waals surface area contributed by atoms with Crippen LogP contribution in [0.25, 0.3) is 0 Å². The lowest BCUT2D eigenvalue weighted by Gasteiger charge is -2.20. The highest BCUT2D eigenvalue weighted by Crippen LogP contribution is 2.29. The van der Waals surface area contributed by atoms with Crippen molar-refractivity contribution in [3.05, 3.63) is 0 Å². The quantitative estimate of drug-likeness (QED) is 0.438. The summed E-state index contributed by atoms with van der Waals surface area (Å²) in [5.41, 5.74) is -0.581. The molecule has 2 heterocycles. The molecule has 0 aromatic rings. The Morgan fingerprint density at radius 1 is 1.00 bits per heavy atom. The number of rotatable bonds is 7. The Labute approximate surface area is 102 Å². The topological polar surface area (TPSA) is 85.8 Å². The lowest BCUT2D eigenvalue weighted by atomic mass is 9.95. The molecule has 2 unspecified atom stereocenters. The molecule has 3 N–H and O–H groups in total. The van der Waals surface area contributed by atoms with E-state index in [9.17, 15) is 5.11 Å². The Morgan fingerprint density at radius 3 is 1.59 bits per heavy atom. The molecular formula is C12H24O5. The summed E-state index contributed by atoms with van der Waals surface area (Å²) in [4.78, 5) is 0. The van der Waals surface area contributed by atoms with Gasteiger partial charge in [0.1, 0.15) is 0 Å². The molecule has 2 atom stereocenters. The molecule has 2 aliphatic heterocycles. The van der Waals surface area contributed by atoms with Crippen molar-refractivity contribution in [2.75, 3.05) is 26.4 Å². The largest absolute Gasteiger partial charge is 0.396 e. The predicted molar refractivity (Wildman–Crippen MR) is 62.7 cm³/mol. The van der Waals surface area contributed by atoms with E-state index in [1.54, 1.807) is 0 Å². The second kappa shape index (κ2) is 7.28. The summed E-state index contributed by atoms with van der Waals surface area (Å²) < 4.78 is 10.1. The number of ether oxygens (including phenoxy) is 2. The number of aliphatic hydroxyl groups excluding tert-OH is 2. The van der Waals surface area contributed by atoms with Crippen molar-refractivity contribution in [1.29, 1.82) is 0 Å². The van der Waals surface area contributed by atoms with Crippen molar-refractivity contribution < 1.29 is 24.8 Å². The minimum atomic E-state index is -0.581. The van der Waals surface area contributed by atoms with E-state index in [2.05, 4.69) is 0 Å². The van der Waals surface area contributed by atoms with Crippen LogP contribution in [-0.4, -0.2) is 59.6 Å². The smallest absolute Gasteiger partial charge is 0.0837 e. The van der Waals surface area contributed by atoms with Crippen molar-refractivity contribution in [1.82, 2.24) is 0 Å². The second-order valence-corrected chi connectivity index (χ2v) is 4.97. The van der Waals surface area contributed by atoms with E-state index in [-0.39, 0.29) is 13.2 Å². The molecule has 102 valence electrons. The summed E-state index contributed by atoms with van der Waals surface area (Å²) in [5.74, 6) is 0. The third kappa shape index (κ3) is 8.51. The molecule has 2 rings (SSSR count). The van der Waals surface area contributed by atoms with Gasteiger partial charge in [0.25, 0.3) is 0 Å². The summed E-state index contributed by atoms with van der Waals surface area (Å²) in [5, 5.41) is 25.9. The number of aliphatic hydroxyl groups is 3. The standard InChI is InChI=1S/C8H14O3.C4H10O2/c1-8(9,2-6-4-10-6)3-7-5-11-7;5-3-1-2-4-6/h6-7,9H,2-5H2,1H3;5-6H,1-4H2. The zero-order valence-electron chi connectivity index (χ0n) is 10.5. The molecule has 2 aliphatic rings. The molecule has 2 fully saturated rings. The normalized spacial score (nSPS) is 28.9. The van der Waals surface area contributed by atoms with Crippen molar-refractivity contribution in [3.63, 3.8) is 0 Å². The molecule has 0 aromatic heterocycles. The zero-order valence-corrected chi connectivity index (χ0v) is 10.5. The van der Waals surface area contributed by atoms with Gasteiger partial charge in [0.15, 0.2) is 0 Å². The average molecular weight is 248 g/mol. The van der Waals surface area contributed by atoms with Crippen LogP contribution < -0.4 is 0 Å². The van der Waals surface area contributed by atoms with E-state index in [4.69, 9.17) is 19.7 Å². The summed E-state index contributed by atoms with van der Waals surface area (Å²) >= 11 is 0.